The van der Waals surface area contributed by atoms with Crippen LogP contribution in [0.25, 0.3) is 0 Å². The van der Waals surface area contributed by atoms with Gasteiger partial charge in [0.25, 0.3) is 0 Å². The zero-order valence-corrected chi connectivity index (χ0v) is 19.6. The van der Waals surface area contributed by atoms with E-state index in [1.165, 1.54) is 5.56 Å². The number of nitrogens with zero attached hydrogens (tertiary/aromatic N) is 2. The molecule has 6 nitrogen and oxygen atoms in total. The van der Waals surface area contributed by atoms with Crippen molar-refractivity contribution >= 4 is 21.6 Å². The van der Waals surface area contributed by atoms with Gasteiger partial charge in [0.2, 0.25) is 10.0 Å². The number of alkyl halides is 1. The Bertz CT molecular complexity index is 1010. The number of hydrogen-bond donors (Lipinski definition) is 0. The number of halogens is 1. The summed E-state index contributed by atoms with van der Waals surface area (Å²) in [4.78, 5) is 2.72. The molecule has 0 radical (unpaired) electrons. The maximum absolute atomic E-state index is 13.0. The SMILES string of the molecule is COc1ccc2c(c1)CCN(CC1CCN(S(=O)(=O)c3cccc(C)c3)CC1)C2Cl.O. The number of methoxy groups -OCH3 is 1. The van der Waals surface area contributed by atoms with Gasteiger partial charge in [-0.1, -0.05) is 18.2 Å². The first-order valence-corrected chi connectivity index (χ1v) is 12.4. The first-order chi connectivity index (χ1) is 14.4. The summed E-state index contributed by atoms with van der Waals surface area (Å²) in [5, 5.41) is 0. The van der Waals surface area contributed by atoms with Crippen LogP contribution >= 0.6 is 11.6 Å². The summed E-state index contributed by atoms with van der Waals surface area (Å²) in [5.74, 6) is 1.32. The minimum atomic E-state index is -3.42. The quantitative estimate of drug-likeness (QED) is 0.499. The van der Waals surface area contributed by atoms with Crippen molar-refractivity contribution in [3.63, 3.8) is 0 Å². The molecule has 2 aromatic rings. The first kappa shape index (κ1) is 24.0. The van der Waals surface area contributed by atoms with Gasteiger partial charge in [0.1, 0.15) is 11.3 Å². The number of sulfonamides is 1. The number of rotatable bonds is 5. The van der Waals surface area contributed by atoms with Gasteiger partial charge in [0.05, 0.1) is 12.0 Å². The van der Waals surface area contributed by atoms with E-state index in [4.69, 9.17) is 16.3 Å². The van der Waals surface area contributed by atoms with E-state index in [0.717, 1.165) is 49.2 Å². The van der Waals surface area contributed by atoms with Gasteiger partial charge in [0, 0.05) is 26.2 Å². The summed E-state index contributed by atoms with van der Waals surface area (Å²) in [7, 11) is -1.74. The van der Waals surface area contributed by atoms with Crippen LogP contribution in [0.5, 0.6) is 5.75 Å². The second-order valence-corrected chi connectivity index (χ2v) is 10.7. The highest BCUT2D eigenvalue weighted by Gasteiger charge is 2.32. The number of benzene rings is 2. The molecule has 0 aromatic heterocycles. The van der Waals surface area contributed by atoms with Crippen LogP contribution in [-0.4, -0.2) is 56.4 Å². The molecule has 170 valence electrons. The van der Waals surface area contributed by atoms with Crippen LogP contribution in [0.3, 0.4) is 0 Å². The van der Waals surface area contributed by atoms with E-state index in [2.05, 4.69) is 17.0 Å². The Morgan fingerprint density at radius 1 is 1.10 bits per heavy atom. The highest BCUT2D eigenvalue weighted by atomic mass is 35.5. The molecular weight excluding hydrogens is 436 g/mol. The van der Waals surface area contributed by atoms with Crippen LogP contribution in [-0.2, 0) is 16.4 Å². The fourth-order valence-corrected chi connectivity index (χ4v) is 6.47. The minimum Gasteiger partial charge on any atom is -0.497 e. The summed E-state index contributed by atoms with van der Waals surface area (Å²) in [6, 6.07) is 13.3. The average molecular weight is 467 g/mol. The molecule has 2 N–H and O–H groups in total. The standard InChI is InChI=1S/C23H29ClN2O3S.H2O/c1-17-4-3-5-21(14-17)30(27,28)26-12-8-18(9-13-26)16-25-11-10-19-15-20(29-2)6-7-22(19)23(25)24;/h3-7,14-15,18,23H,8-13,16H2,1-2H3;1H2. The van der Waals surface area contributed by atoms with E-state index in [0.29, 0.717) is 23.9 Å². The van der Waals surface area contributed by atoms with Crippen molar-refractivity contribution in [2.24, 2.45) is 5.92 Å². The predicted molar refractivity (Wildman–Crippen MR) is 123 cm³/mol. The van der Waals surface area contributed by atoms with E-state index < -0.39 is 10.0 Å². The second-order valence-electron chi connectivity index (χ2n) is 8.31. The molecule has 1 unspecified atom stereocenters. The molecule has 2 aliphatic heterocycles. The lowest BCUT2D eigenvalue weighted by atomic mass is 9.94. The Labute approximate surface area is 190 Å². The van der Waals surface area contributed by atoms with Gasteiger partial charge in [-0.2, -0.15) is 4.31 Å². The fraction of sp³-hybridized carbons (Fsp3) is 0.478. The maximum Gasteiger partial charge on any atom is 0.243 e. The third kappa shape index (κ3) is 5.07. The highest BCUT2D eigenvalue weighted by Crippen LogP contribution is 2.36. The Balaban J connectivity index is 0.00000272. The second kappa shape index (κ2) is 9.88. The Kier molecular flexibility index (Phi) is 7.65. The lowest BCUT2D eigenvalue weighted by molar-refractivity contribution is 0.165. The topological polar surface area (TPSA) is 81.3 Å². The Morgan fingerprint density at radius 3 is 2.52 bits per heavy atom. The molecule has 2 aromatic carbocycles. The molecule has 8 heteroatoms. The molecule has 0 spiro atoms. The zero-order chi connectivity index (χ0) is 21.3. The normalized spacial score (nSPS) is 20.7. The number of fused-ring (bicyclic) bond motifs is 1. The molecule has 0 bridgehead atoms. The van der Waals surface area contributed by atoms with Gasteiger partial charge in [-0.05, 0) is 73.1 Å². The van der Waals surface area contributed by atoms with Crippen molar-refractivity contribution in [1.82, 2.24) is 9.21 Å². The van der Waals surface area contributed by atoms with E-state index in [1.54, 1.807) is 29.6 Å². The van der Waals surface area contributed by atoms with E-state index in [9.17, 15) is 8.42 Å². The van der Waals surface area contributed by atoms with Crippen molar-refractivity contribution in [2.45, 2.75) is 36.6 Å². The van der Waals surface area contributed by atoms with Crippen molar-refractivity contribution in [2.75, 3.05) is 33.3 Å². The number of hydrogen-bond acceptors (Lipinski definition) is 4. The molecule has 1 saturated heterocycles. The molecule has 0 aliphatic carbocycles. The van der Waals surface area contributed by atoms with Crippen LogP contribution in [0, 0.1) is 12.8 Å². The molecule has 4 rings (SSSR count). The number of aryl methyl sites for hydroxylation is 1. The summed E-state index contributed by atoms with van der Waals surface area (Å²) in [6.07, 6.45) is 2.68. The summed E-state index contributed by atoms with van der Waals surface area (Å²) in [6.45, 7) is 4.86. The van der Waals surface area contributed by atoms with Crippen molar-refractivity contribution in [3.05, 3.63) is 59.2 Å². The number of piperidine rings is 1. The molecule has 2 heterocycles. The Hall–Kier alpha value is -1.64. The molecule has 1 atom stereocenters. The molecule has 0 amide bonds. The average Bonchev–Trinajstić information content (AvgIpc) is 2.76. The Morgan fingerprint density at radius 2 is 1.84 bits per heavy atom. The van der Waals surface area contributed by atoms with Crippen LogP contribution in [0.2, 0.25) is 0 Å². The zero-order valence-electron chi connectivity index (χ0n) is 18.1. The van der Waals surface area contributed by atoms with Gasteiger partial charge < -0.3 is 10.2 Å². The van der Waals surface area contributed by atoms with E-state index >= 15 is 0 Å². The maximum atomic E-state index is 13.0. The van der Waals surface area contributed by atoms with Gasteiger partial charge in [-0.3, -0.25) is 4.90 Å². The third-order valence-electron chi connectivity index (χ3n) is 6.29. The molecule has 2 aliphatic rings. The largest absolute Gasteiger partial charge is 0.497 e. The molecular formula is C23H31ClN2O4S. The van der Waals surface area contributed by atoms with Crippen molar-refractivity contribution in [3.8, 4) is 5.75 Å². The summed E-state index contributed by atoms with van der Waals surface area (Å²) < 4.78 is 32.9. The van der Waals surface area contributed by atoms with Gasteiger partial charge in [-0.25, -0.2) is 8.42 Å². The van der Waals surface area contributed by atoms with E-state index in [1.807, 2.05) is 19.1 Å². The fourth-order valence-electron chi connectivity index (χ4n) is 4.50. The molecule has 1 fully saturated rings. The van der Waals surface area contributed by atoms with E-state index in [-0.39, 0.29) is 11.0 Å². The number of ether oxygens (including phenoxy) is 1. The summed E-state index contributed by atoms with van der Waals surface area (Å²) in [5.41, 5.74) is 3.23. The molecule has 0 saturated carbocycles. The van der Waals surface area contributed by atoms with Crippen LogP contribution < -0.4 is 4.74 Å². The van der Waals surface area contributed by atoms with Gasteiger partial charge in [-0.15, -0.1) is 11.6 Å². The van der Waals surface area contributed by atoms with Crippen LogP contribution in [0.15, 0.2) is 47.4 Å². The monoisotopic (exact) mass is 466 g/mol. The predicted octanol–water partition coefficient (Wildman–Crippen LogP) is 3.38. The van der Waals surface area contributed by atoms with Crippen LogP contribution in [0.1, 0.15) is 35.0 Å². The summed E-state index contributed by atoms with van der Waals surface area (Å²) >= 11 is 6.80. The van der Waals surface area contributed by atoms with Gasteiger partial charge in [0.15, 0.2) is 0 Å². The minimum absolute atomic E-state index is 0. The van der Waals surface area contributed by atoms with Gasteiger partial charge >= 0.3 is 0 Å². The smallest absolute Gasteiger partial charge is 0.243 e. The van der Waals surface area contributed by atoms with Crippen molar-refractivity contribution < 1.29 is 18.6 Å². The van der Waals surface area contributed by atoms with Crippen LogP contribution in [0.4, 0.5) is 0 Å². The van der Waals surface area contributed by atoms with Crippen molar-refractivity contribution in [1.29, 1.82) is 0 Å². The third-order valence-corrected chi connectivity index (χ3v) is 8.69. The first-order valence-electron chi connectivity index (χ1n) is 10.5. The molecule has 31 heavy (non-hydrogen) atoms. The lowest BCUT2D eigenvalue weighted by Gasteiger charge is -2.38. The highest BCUT2D eigenvalue weighted by molar-refractivity contribution is 7.89. The lowest BCUT2D eigenvalue weighted by Crippen LogP contribution is -2.43.